The van der Waals surface area contributed by atoms with Crippen LogP contribution in [0.2, 0.25) is 0 Å². The smallest absolute Gasteiger partial charge is 0.268 e. The van der Waals surface area contributed by atoms with E-state index in [1.54, 1.807) is 48.5 Å². The van der Waals surface area contributed by atoms with Crippen molar-refractivity contribution in [1.82, 2.24) is 10.6 Å². The van der Waals surface area contributed by atoms with E-state index in [0.29, 0.717) is 16.9 Å². The number of amides is 2. The zero-order valence-electron chi connectivity index (χ0n) is 15.7. The zero-order valence-corrected chi connectivity index (χ0v) is 18.1. The van der Waals surface area contributed by atoms with Crippen molar-refractivity contribution in [2.24, 2.45) is 0 Å². The van der Waals surface area contributed by atoms with Crippen molar-refractivity contribution in [2.45, 2.75) is 12.5 Å². The second-order valence-electron chi connectivity index (χ2n) is 6.06. The van der Waals surface area contributed by atoms with E-state index in [-0.39, 0.29) is 12.1 Å². The summed E-state index contributed by atoms with van der Waals surface area (Å²) in [6.07, 6.45) is 3.55. The molecule has 0 saturated carbocycles. The molecule has 2 rings (SSSR count). The zero-order chi connectivity index (χ0) is 21.2. The van der Waals surface area contributed by atoms with Gasteiger partial charge in [0.05, 0.1) is 12.0 Å². The van der Waals surface area contributed by atoms with E-state index < -0.39 is 23.8 Å². The molecular weight excluding hydrogens is 456 g/mol. The number of aliphatic carboxylic acids is 1. The van der Waals surface area contributed by atoms with Crippen LogP contribution in [0.15, 0.2) is 64.8 Å². The lowest BCUT2D eigenvalue weighted by Gasteiger charge is -2.20. The Morgan fingerprint density at radius 2 is 1.76 bits per heavy atom. The molecule has 0 unspecified atom stereocenters. The van der Waals surface area contributed by atoms with Crippen LogP contribution in [0.3, 0.4) is 0 Å². The Kier molecular flexibility index (Phi) is 8.95. The van der Waals surface area contributed by atoms with Gasteiger partial charge in [-0.3, -0.25) is 9.59 Å². The van der Waals surface area contributed by atoms with Crippen molar-refractivity contribution in [3.63, 3.8) is 0 Å². The summed E-state index contributed by atoms with van der Waals surface area (Å²) in [5.41, 5.74) is 0.987. The number of thioether (sulfide) groups is 1. The van der Waals surface area contributed by atoms with Crippen molar-refractivity contribution in [2.75, 3.05) is 12.0 Å². The maximum atomic E-state index is 12.7. The SMILES string of the molecule is CSCC[C@H](NC(=O)/C(=C/c1ccccc1)NC(=O)c1ccc(Br)cc1)C(=O)[O-]. The summed E-state index contributed by atoms with van der Waals surface area (Å²) in [5, 5.41) is 16.4. The van der Waals surface area contributed by atoms with Gasteiger partial charge in [-0.2, -0.15) is 11.8 Å². The van der Waals surface area contributed by atoms with E-state index in [4.69, 9.17) is 0 Å². The van der Waals surface area contributed by atoms with Crippen LogP contribution in [-0.4, -0.2) is 35.8 Å². The summed E-state index contributed by atoms with van der Waals surface area (Å²) >= 11 is 4.77. The number of carboxylic acids is 1. The van der Waals surface area contributed by atoms with Gasteiger partial charge in [0.2, 0.25) is 0 Å². The van der Waals surface area contributed by atoms with E-state index >= 15 is 0 Å². The third-order valence-electron chi connectivity index (χ3n) is 3.91. The predicted molar refractivity (Wildman–Crippen MR) is 116 cm³/mol. The van der Waals surface area contributed by atoms with Crippen molar-refractivity contribution in [1.29, 1.82) is 0 Å². The topological polar surface area (TPSA) is 98.3 Å². The van der Waals surface area contributed by atoms with Crippen LogP contribution in [0.4, 0.5) is 0 Å². The van der Waals surface area contributed by atoms with E-state index in [1.807, 2.05) is 12.3 Å². The summed E-state index contributed by atoms with van der Waals surface area (Å²) < 4.78 is 0.817. The molecule has 0 heterocycles. The molecule has 0 aliphatic heterocycles. The van der Waals surface area contributed by atoms with Gasteiger partial charge >= 0.3 is 0 Å². The number of hydrogen-bond donors (Lipinski definition) is 2. The Balaban J connectivity index is 2.25. The Labute approximate surface area is 181 Å². The highest BCUT2D eigenvalue weighted by Gasteiger charge is 2.19. The van der Waals surface area contributed by atoms with Crippen LogP contribution in [0.25, 0.3) is 6.08 Å². The van der Waals surface area contributed by atoms with Crippen LogP contribution >= 0.6 is 27.7 Å². The molecule has 0 saturated heterocycles. The Bertz CT molecular complexity index is 885. The van der Waals surface area contributed by atoms with Crippen LogP contribution in [0.5, 0.6) is 0 Å². The fourth-order valence-corrected chi connectivity index (χ4v) is 3.13. The summed E-state index contributed by atoms with van der Waals surface area (Å²) in [5.74, 6) is -2.01. The average Bonchev–Trinajstić information content (AvgIpc) is 2.71. The summed E-state index contributed by atoms with van der Waals surface area (Å²) in [6, 6.07) is 14.4. The fourth-order valence-electron chi connectivity index (χ4n) is 2.39. The maximum absolute atomic E-state index is 12.7. The second-order valence-corrected chi connectivity index (χ2v) is 7.96. The molecule has 0 aliphatic rings. The van der Waals surface area contributed by atoms with Crippen LogP contribution in [-0.2, 0) is 9.59 Å². The molecule has 8 heteroatoms. The lowest BCUT2D eigenvalue weighted by atomic mass is 10.1. The van der Waals surface area contributed by atoms with Gasteiger partial charge in [-0.15, -0.1) is 0 Å². The van der Waals surface area contributed by atoms with Gasteiger partial charge in [0.1, 0.15) is 5.70 Å². The number of halogens is 1. The van der Waals surface area contributed by atoms with E-state index in [9.17, 15) is 19.5 Å². The quantitative estimate of drug-likeness (QED) is 0.541. The van der Waals surface area contributed by atoms with E-state index in [1.165, 1.54) is 17.8 Å². The molecule has 152 valence electrons. The first kappa shape index (κ1) is 22.7. The molecule has 0 radical (unpaired) electrons. The van der Waals surface area contributed by atoms with Gasteiger partial charge in [-0.1, -0.05) is 46.3 Å². The summed E-state index contributed by atoms with van der Waals surface area (Å²) in [7, 11) is 0. The van der Waals surface area contributed by atoms with Crippen LogP contribution in [0, 0.1) is 0 Å². The van der Waals surface area contributed by atoms with Gasteiger partial charge in [0.25, 0.3) is 11.8 Å². The standard InChI is InChI=1S/C21H21BrN2O4S/c1-29-12-11-17(21(27)28)23-20(26)18(13-14-5-3-2-4-6-14)24-19(25)15-7-9-16(22)10-8-15/h2-10,13,17H,11-12H2,1H3,(H,23,26)(H,24,25)(H,27,28)/p-1/b18-13-/t17-/m0/s1. The van der Waals surface area contributed by atoms with Crippen molar-refractivity contribution in [3.8, 4) is 0 Å². The molecule has 2 amide bonds. The van der Waals surface area contributed by atoms with Crippen LogP contribution in [0.1, 0.15) is 22.3 Å². The molecule has 2 aromatic carbocycles. The van der Waals surface area contributed by atoms with Crippen molar-refractivity contribution in [3.05, 3.63) is 75.9 Å². The monoisotopic (exact) mass is 475 g/mol. The summed E-state index contributed by atoms with van der Waals surface area (Å²) in [6.45, 7) is 0. The largest absolute Gasteiger partial charge is 0.548 e. The number of carbonyl (C=O) groups is 3. The Morgan fingerprint density at radius 1 is 1.10 bits per heavy atom. The summed E-state index contributed by atoms with van der Waals surface area (Å²) in [4.78, 5) is 36.7. The molecule has 6 nitrogen and oxygen atoms in total. The van der Waals surface area contributed by atoms with Gasteiger partial charge in [0.15, 0.2) is 0 Å². The van der Waals surface area contributed by atoms with Crippen molar-refractivity contribution < 1.29 is 19.5 Å². The molecule has 2 N–H and O–H groups in total. The molecule has 0 aromatic heterocycles. The van der Waals surface area contributed by atoms with Gasteiger partial charge < -0.3 is 20.5 Å². The van der Waals surface area contributed by atoms with Crippen molar-refractivity contribution >= 4 is 51.6 Å². The first-order chi connectivity index (χ1) is 13.9. The number of rotatable bonds is 9. The number of hydrogen-bond acceptors (Lipinski definition) is 5. The maximum Gasteiger partial charge on any atom is 0.268 e. The Morgan fingerprint density at radius 3 is 2.34 bits per heavy atom. The number of carboxylic acid groups (broad SMARTS) is 1. The third-order valence-corrected chi connectivity index (χ3v) is 5.08. The highest BCUT2D eigenvalue weighted by Crippen LogP contribution is 2.12. The highest BCUT2D eigenvalue weighted by atomic mass is 79.9. The molecule has 1 atom stereocenters. The molecule has 0 aliphatic carbocycles. The second kappa shape index (κ2) is 11.4. The lowest BCUT2D eigenvalue weighted by molar-refractivity contribution is -0.308. The van der Waals surface area contributed by atoms with Gasteiger partial charge in [0, 0.05) is 10.0 Å². The lowest BCUT2D eigenvalue weighted by Crippen LogP contribution is -2.50. The first-order valence-electron chi connectivity index (χ1n) is 8.75. The molecule has 0 spiro atoms. The molecule has 0 fully saturated rings. The average molecular weight is 476 g/mol. The number of benzene rings is 2. The molecule has 29 heavy (non-hydrogen) atoms. The Hall–Kier alpha value is -2.58. The number of nitrogens with one attached hydrogen (secondary N) is 2. The first-order valence-corrected chi connectivity index (χ1v) is 10.9. The van der Waals surface area contributed by atoms with E-state index in [0.717, 1.165) is 4.47 Å². The molecule has 2 aromatic rings. The molecule has 0 bridgehead atoms. The minimum absolute atomic E-state index is 0.0560. The van der Waals surface area contributed by atoms with Gasteiger partial charge in [-0.05, 0) is 54.3 Å². The van der Waals surface area contributed by atoms with E-state index in [2.05, 4.69) is 26.6 Å². The third kappa shape index (κ3) is 7.40. The minimum atomic E-state index is -1.37. The highest BCUT2D eigenvalue weighted by molar-refractivity contribution is 9.10. The van der Waals surface area contributed by atoms with Crippen LogP contribution < -0.4 is 15.7 Å². The van der Waals surface area contributed by atoms with Gasteiger partial charge in [-0.25, -0.2) is 0 Å². The minimum Gasteiger partial charge on any atom is -0.548 e. The predicted octanol–water partition coefficient (Wildman–Crippen LogP) is 2.21. The normalized spacial score (nSPS) is 12.1. The number of carbonyl (C=O) groups excluding carboxylic acids is 3. The molecular formula is C21H20BrN2O4S-. The fraction of sp³-hybridized carbons (Fsp3) is 0.190.